The van der Waals surface area contributed by atoms with E-state index in [1.54, 1.807) is 6.20 Å². The van der Waals surface area contributed by atoms with Crippen molar-refractivity contribution >= 4 is 5.52 Å². The van der Waals surface area contributed by atoms with Crippen molar-refractivity contribution in [1.29, 1.82) is 0 Å². The van der Waals surface area contributed by atoms with Gasteiger partial charge in [-0.3, -0.25) is 0 Å². The number of rotatable bonds is 3. The first-order valence-electron chi connectivity index (χ1n) is 7.91. The fourth-order valence-electron chi connectivity index (χ4n) is 2.88. The third-order valence-corrected chi connectivity index (χ3v) is 4.23. The van der Waals surface area contributed by atoms with Gasteiger partial charge in [0.05, 0.1) is 5.69 Å². The van der Waals surface area contributed by atoms with Gasteiger partial charge in [0, 0.05) is 18.4 Å². The average Bonchev–Trinajstić information content (AvgIpc) is 2.81. The Kier molecular flexibility index (Phi) is 4.10. The van der Waals surface area contributed by atoms with Crippen molar-refractivity contribution in [1.82, 2.24) is 14.6 Å². The van der Waals surface area contributed by atoms with Gasteiger partial charge < -0.3 is 10.5 Å². The normalized spacial score (nSPS) is 23.4. The van der Waals surface area contributed by atoms with E-state index in [1.165, 1.54) is 19.3 Å². The smallest absolute Gasteiger partial charge is 0.240 e. The molecule has 2 aromatic heterocycles. The zero-order valence-corrected chi connectivity index (χ0v) is 12.8. The molecule has 0 aromatic carbocycles. The summed E-state index contributed by atoms with van der Waals surface area (Å²) in [6, 6.07) is 2.16. The van der Waals surface area contributed by atoms with Gasteiger partial charge in [-0.15, -0.1) is 0 Å². The number of hydrogen-bond acceptors (Lipinski definition) is 4. The topological polar surface area (TPSA) is 65.4 Å². The van der Waals surface area contributed by atoms with Gasteiger partial charge in [-0.1, -0.05) is 26.7 Å². The molecule has 2 atom stereocenters. The first kappa shape index (κ1) is 14.3. The maximum atomic E-state index is 6.25. The van der Waals surface area contributed by atoms with Gasteiger partial charge in [0.15, 0.2) is 0 Å². The van der Waals surface area contributed by atoms with Gasteiger partial charge in [0.1, 0.15) is 11.6 Å². The van der Waals surface area contributed by atoms with Crippen LogP contribution in [0.4, 0.5) is 0 Å². The van der Waals surface area contributed by atoms with Gasteiger partial charge >= 0.3 is 0 Å². The van der Waals surface area contributed by atoms with Crippen LogP contribution in [0.3, 0.4) is 0 Å². The van der Waals surface area contributed by atoms with E-state index in [-0.39, 0.29) is 12.1 Å². The minimum atomic E-state index is 0.0589. The van der Waals surface area contributed by atoms with E-state index in [0.29, 0.717) is 11.8 Å². The molecule has 2 unspecified atom stereocenters. The second kappa shape index (κ2) is 6.02. The number of nitrogens with two attached hydrogens (primary N) is 1. The van der Waals surface area contributed by atoms with Crippen LogP contribution >= 0.6 is 0 Å². The monoisotopic (exact) mass is 288 g/mol. The molecule has 0 spiro atoms. The second-order valence-corrected chi connectivity index (χ2v) is 6.24. The minimum absolute atomic E-state index is 0.0589. The Morgan fingerprint density at radius 3 is 2.90 bits per heavy atom. The molecular weight excluding hydrogens is 264 g/mol. The Bertz CT molecular complexity index is 607. The van der Waals surface area contributed by atoms with Crippen molar-refractivity contribution in [2.24, 2.45) is 5.73 Å². The van der Waals surface area contributed by atoms with Gasteiger partial charge in [0.2, 0.25) is 5.88 Å². The Balaban J connectivity index is 1.89. The highest BCUT2D eigenvalue weighted by Gasteiger charge is 2.23. The molecular formula is C16H24N4O. The van der Waals surface area contributed by atoms with Gasteiger partial charge in [0.25, 0.3) is 0 Å². The van der Waals surface area contributed by atoms with Crippen LogP contribution in [-0.4, -0.2) is 26.7 Å². The van der Waals surface area contributed by atoms with E-state index < -0.39 is 0 Å². The average molecular weight is 288 g/mol. The van der Waals surface area contributed by atoms with Crippen molar-refractivity contribution < 1.29 is 4.74 Å². The van der Waals surface area contributed by atoms with Crippen LogP contribution in [0.5, 0.6) is 5.88 Å². The zero-order valence-electron chi connectivity index (χ0n) is 12.8. The highest BCUT2D eigenvalue weighted by molar-refractivity contribution is 5.57. The Morgan fingerprint density at radius 2 is 2.10 bits per heavy atom. The zero-order chi connectivity index (χ0) is 14.8. The molecule has 21 heavy (non-hydrogen) atoms. The molecule has 1 aliphatic rings. The van der Waals surface area contributed by atoms with Crippen LogP contribution in [0.25, 0.3) is 5.52 Å². The summed E-state index contributed by atoms with van der Waals surface area (Å²) in [5, 5.41) is 4.57. The SMILES string of the molecule is CC(C)c1cc2c(OC3CCCCCC3N)nccn2n1. The predicted molar refractivity (Wildman–Crippen MR) is 82.6 cm³/mol. The number of fused-ring (bicyclic) bond motifs is 1. The maximum Gasteiger partial charge on any atom is 0.240 e. The highest BCUT2D eigenvalue weighted by atomic mass is 16.5. The predicted octanol–water partition coefficient (Wildman–Crippen LogP) is 2.89. The quantitative estimate of drug-likeness (QED) is 0.882. The Hall–Kier alpha value is -1.62. The van der Waals surface area contributed by atoms with Crippen molar-refractivity contribution in [3.05, 3.63) is 24.2 Å². The van der Waals surface area contributed by atoms with Crippen molar-refractivity contribution in [2.45, 2.75) is 64.0 Å². The molecule has 2 aromatic rings. The summed E-state index contributed by atoms with van der Waals surface area (Å²) >= 11 is 0. The first-order chi connectivity index (χ1) is 10.1. The van der Waals surface area contributed by atoms with Crippen molar-refractivity contribution in [3.63, 3.8) is 0 Å². The molecule has 2 heterocycles. The van der Waals surface area contributed by atoms with E-state index in [2.05, 4.69) is 30.0 Å². The molecule has 114 valence electrons. The van der Waals surface area contributed by atoms with Gasteiger partial charge in [-0.25, -0.2) is 9.50 Å². The fraction of sp³-hybridized carbons (Fsp3) is 0.625. The third kappa shape index (κ3) is 3.02. The largest absolute Gasteiger partial charge is 0.471 e. The van der Waals surface area contributed by atoms with E-state index >= 15 is 0 Å². The second-order valence-electron chi connectivity index (χ2n) is 6.24. The van der Waals surface area contributed by atoms with Gasteiger partial charge in [-0.2, -0.15) is 5.10 Å². The Labute approximate surface area is 125 Å². The lowest BCUT2D eigenvalue weighted by Crippen LogP contribution is -2.38. The lowest BCUT2D eigenvalue weighted by molar-refractivity contribution is 0.157. The molecule has 5 nitrogen and oxygen atoms in total. The van der Waals surface area contributed by atoms with Crippen molar-refractivity contribution in [3.8, 4) is 5.88 Å². The van der Waals surface area contributed by atoms with E-state index in [1.807, 2.05) is 10.7 Å². The minimum Gasteiger partial charge on any atom is -0.471 e. The molecule has 0 amide bonds. The molecule has 5 heteroatoms. The lowest BCUT2D eigenvalue weighted by atomic mass is 10.1. The Morgan fingerprint density at radius 1 is 1.29 bits per heavy atom. The van der Waals surface area contributed by atoms with Crippen LogP contribution < -0.4 is 10.5 Å². The van der Waals surface area contributed by atoms with E-state index in [0.717, 1.165) is 24.1 Å². The third-order valence-electron chi connectivity index (χ3n) is 4.23. The standard InChI is InChI=1S/C16H24N4O/c1-11(2)13-10-14-16(18-8-9-20(14)19-13)21-15-7-5-3-4-6-12(15)17/h8-12,15H,3-7,17H2,1-2H3. The first-order valence-corrected chi connectivity index (χ1v) is 7.91. The number of ether oxygens (including phenoxy) is 1. The lowest BCUT2D eigenvalue weighted by Gasteiger charge is -2.22. The summed E-state index contributed by atoms with van der Waals surface area (Å²) in [6.45, 7) is 4.27. The number of nitrogens with zero attached hydrogens (tertiary/aromatic N) is 3. The molecule has 0 saturated heterocycles. The maximum absolute atomic E-state index is 6.25. The van der Waals surface area contributed by atoms with Gasteiger partial charge in [-0.05, 0) is 31.2 Å². The summed E-state index contributed by atoms with van der Waals surface area (Å²) in [5.41, 5.74) is 8.23. The number of hydrogen-bond donors (Lipinski definition) is 1. The summed E-state index contributed by atoms with van der Waals surface area (Å²) in [6.07, 6.45) is 9.32. The molecule has 2 N–H and O–H groups in total. The van der Waals surface area contributed by atoms with E-state index in [9.17, 15) is 0 Å². The van der Waals surface area contributed by atoms with Crippen LogP contribution in [0.1, 0.15) is 57.6 Å². The summed E-state index contributed by atoms with van der Waals surface area (Å²) in [5.74, 6) is 1.04. The molecule has 1 saturated carbocycles. The molecule has 0 radical (unpaired) electrons. The number of aromatic nitrogens is 3. The molecule has 0 aliphatic heterocycles. The molecule has 1 aliphatic carbocycles. The summed E-state index contributed by atoms with van der Waals surface area (Å²) in [7, 11) is 0. The summed E-state index contributed by atoms with van der Waals surface area (Å²) in [4.78, 5) is 4.40. The van der Waals surface area contributed by atoms with Crippen molar-refractivity contribution in [2.75, 3.05) is 0 Å². The summed E-state index contributed by atoms with van der Waals surface area (Å²) < 4.78 is 8.00. The van der Waals surface area contributed by atoms with Crippen LogP contribution in [0, 0.1) is 0 Å². The van der Waals surface area contributed by atoms with Crippen LogP contribution in [-0.2, 0) is 0 Å². The fourth-order valence-corrected chi connectivity index (χ4v) is 2.88. The highest BCUT2D eigenvalue weighted by Crippen LogP contribution is 2.25. The van der Waals surface area contributed by atoms with Crippen LogP contribution in [0.2, 0.25) is 0 Å². The molecule has 3 rings (SSSR count). The molecule has 1 fully saturated rings. The molecule has 0 bridgehead atoms. The van der Waals surface area contributed by atoms with E-state index in [4.69, 9.17) is 10.5 Å². The van der Waals surface area contributed by atoms with Crippen LogP contribution in [0.15, 0.2) is 18.5 Å².